The van der Waals surface area contributed by atoms with Gasteiger partial charge in [0.15, 0.2) is 9.84 Å². The van der Waals surface area contributed by atoms with Gasteiger partial charge in [0.05, 0.1) is 17.4 Å². The van der Waals surface area contributed by atoms with E-state index in [9.17, 15) is 18.0 Å². The summed E-state index contributed by atoms with van der Waals surface area (Å²) in [5.41, 5.74) is 6.17. The van der Waals surface area contributed by atoms with Gasteiger partial charge < -0.3 is 16.0 Å². The van der Waals surface area contributed by atoms with Gasteiger partial charge in [0.2, 0.25) is 11.8 Å². The number of nitrogens with two attached hydrogens (primary N) is 1. The van der Waals surface area contributed by atoms with Gasteiger partial charge in [0.1, 0.15) is 6.04 Å². The Morgan fingerprint density at radius 1 is 1.17 bits per heavy atom. The molecule has 8 heteroatoms. The summed E-state index contributed by atoms with van der Waals surface area (Å²) in [6, 6.07) is -0.745. The third kappa shape index (κ3) is 3.24. The molecule has 3 N–H and O–H groups in total. The Morgan fingerprint density at radius 2 is 1.78 bits per heavy atom. The van der Waals surface area contributed by atoms with E-state index in [1.807, 2.05) is 0 Å². The van der Waals surface area contributed by atoms with Crippen molar-refractivity contribution in [2.24, 2.45) is 23.5 Å². The summed E-state index contributed by atoms with van der Waals surface area (Å²) in [5, 5.41) is 2.80. The number of carbonyl (C=O) groups is 2. The van der Waals surface area contributed by atoms with Crippen LogP contribution >= 0.6 is 0 Å². The molecule has 5 atom stereocenters. The molecule has 0 aromatic carbocycles. The van der Waals surface area contributed by atoms with Gasteiger partial charge in [-0.05, 0) is 38.0 Å². The van der Waals surface area contributed by atoms with E-state index in [0.717, 1.165) is 19.3 Å². The van der Waals surface area contributed by atoms with E-state index >= 15 is 0 Å². The summed E-state index contributed by atoms with van der Waals surface area (Å²) >= 11 is 0. The molecule has 0 aromatic heterocycles. The van der Waals surface area contributed by atoms with Crippen LogP contribution in [0.3, 0.4) is 0 Å². The van der Waals surface area contributed by atoms with Crippen molar-refractivity contribution in [1.29, 1.82) is 0 Å². The van der Waals surface area contributed by atoms with Crippen LogP contribution in [0, 0.1) is 17.8 Å². The molecule has 3 aliphatic rings. The first-order valence-corrected chi connectivity index (χ1v) is 10.2. The van der Waals surface area contributed by atoms with E-state index in [2.05, 4.69) is 5.32 Å². The normalized spacial score (nSPS) is 36.7. The van der Waals surface area contributed by atoms with Gasteiger partial charge in [-0.25, -0.2) is 8.42 Å². The Kier molecular flexibility index (Phi) is 4.39. The highest BCUT2D eigenvalue weighted by molar-refractivity contribution is 7.91. The fraction of sp³-hybridized carbons (Fsp3) is 0.867. The maximum Gasteiger partial charge on any atom is 0.244 e. The summed E-state index contributed by atoms with van der Waals surface area (Å²) < 4.78 is 22.9. The van der Waals surface area contributed by atoms with Crippen LogP contribution in [0.25, 0.3) is 0 Å². The van der Waals surface area contributed by atoms with Gasteiger partial charge in [-0.15, -0.1) is 0 Å². The van der Waals surface area contributed by atoms with Crippen LogP contribution in [0.4, 0.5) is 0 Å². The Balaban J connectivity index is 1.55. The first-order chi connectivity index (χ1) is 10.8. The summed E-state index contributed by atoms with van der Waals surface area (Å²) in [5.74, 6) is 0.241. The molecule has 3 rings (SSSR count). The minimum atomic E-state index is -3.02. The predicted octanol–water partition coefficient (Wildman–Crippen LogP) is -0.878. The highest BCUT2D eigenvalue weighted by atomic mass is 32.2. The lowest BCUT2D eigenvalue weighted by Crippen LogP contribution is -2.54. The van der Waals surface area contributed by atoms with Crippen molar-refractivity contribution in [2.75, 3.05) is 24.6 Å². The predicted molar refractivity (Wildman–Crippen MR) is 85.1 cm³/mol. The summed E-state index contributed by atoms with van der Waals surface area (Å²) in [4.78, 5) is 26.4. The van der Waals surface area contributed by atoms with E-state index in [4.69, 9.17) is 5.73 Å². The van der Waals surface area contributed by atoms with Gasteiger partial charge in [0.25, 0.3) is 0 Å². The average Bonchev–Trinajstić information content (AvgIpc) is 3.07. The molecular weight excluding hydrogens is 318 g/mol. The zero-order chi connectivity index (χ0) is 16.8. The lowest BCUT2D eigenvalue weighted by molar-refractivity contribution is -0.137. The third-order valence-electron chi connectivity index (χ3n) is 5.67. The maximum absolute atomic E-state index is 12.5. The molecule has 130 valence electrons. The molecule has 7 nitrogen and oxygen atoms in total. The Hall–Kier alpha value is -1.15. The molecule has 0 spiro atoms. The van der Waals surface area contributed by atoms with Crippen molar-refractivity contribution in [2.45, 2.75) is 38.3 Å². The van der Waals surface area contributed by atoms with Crippen molar-refractivity contribution >= 4 is 21.7 Å². The fourth-order valence-corrected chi connectivity index (χ4v) is 5.50. The van der Waals surface area contributed by atoms with Crippen LogP contribution in [-0.2, 0) is 19.4 Å². The summed E-state index contributed by atoms with van der Waals surface area (Å²) in [6.45, 7) is 2.06. The first-order valence-electron chi connectivity index (χ1n) is 8.33. The molecular formula is C15H25N3O4S. The van der Waals surface area contributed by atoms with Crippen LogP contribution < -0.4 is 11.1 Å². The van der Waals surface area contributed by atoms with Crippen LogP contribution in [0.1, 0.15) is 26.2 Å². The lowest BCUT2D eigenvalue weighted by Gasteiger charge is -2.31. The fourth-order valence-electron chi connectivity index (χ4n) is 4.30. The van der Waals surface area contributed by atoms with Crippen LogP contribution in [0.5, 0.6) is 0 Å². The van der Waals surface area contributed by atoms with E-state index in [1.54, 1.807) is 6.92 Å². The second-order valence-electron chi connectivity index (χ2n) is 7.14. The number of hydrogen-bond acceptors (Lipinski definition) is 5. The molecule has 1 heterocycles. The first kappa shape index (κ1) is 16.7. The minimum Gasteiger partial charge on any atom is -0.344 e. The van der Waals surface area contributed by atoms with E-state index in [1.165, 1.54) is 4.90 Å². The van der Waals surface area contributed by atoms with Crippen molar-refractivity contribution in [1.82, 2.24) is 10.2 Å². The lowest BCUT2D eigenvalue weighted by atomic mass is 9.84. The zero-order valence-electron chi connectivity index (χ0n) is 13.4. The van der Waals surface area contributed by atoms with Gasteiger partial charge in [-0.3, -0.25) is 9.59 Å². The van der Waals surface area contributed by atoms with Gasteiger partial charge in [-0.1, -0.05) is 0 Å². The van der Waals surface area contributed by atoms with Crippen molar-refractivity contribution in [3.05, 3.63) is 0 Å². The quantitative estimate of drug-likeness (QED) is 0.692. The minimum absolute atomic E-state index is 0.00331. The molecule has 2 bridgehead atoms. The Bertz CT molecular complexity index is 590. The molecule has 1 aliphatic heterocycles. The second-order valence-corrected chi connectivity index (χ2v) is 9.45. The standard InChI is InChI=1S/C15H25N3O4S/c1-9(15(20)18-4-6-23(21,22)7-5-18)17-14(19)12-10-2-3-11(8-10)13(12)16/h9-13H,2-8,16H2,1H3,(H,17,19). The Labute approximate surface area is 136 Å². The second kappa shape index (κ2) is 6.05. The molecule has 5 unspecified atom stereocenters. The van der Waals surface area contributed by atoms with Gasteiger partial charge in [-0.2, -0.15) is 0 Å². The van der Waals surface area contributed by atoms with Crippen LogP contribution in [0.2, 0.25) is 0 Å². The SMILES string of the molecule is CC(NC(=O)C1C2CCC(C2)C1N)C(=O)N1CCS(=O)(=O)CC1. The topological polar surface area (TPSA) is 110 Å². The molecule has 2 amide bonds. The zero-order valence-corrected chi connectivity index (χ0v) is 14.2. The van der Waals surface area contributed by atoms with E-state index in [-0.39, 0.29) is 48.4 Å². The maximum atomic E-state index is 12.5. The van der Waals surface area contributed by atoms with Crippen molar-refractivity contribution in [3.63, 3.8) is 0 Å². The third-order valence-corrected chi connectivity index (χ3v) is 7.28. The number of carbonyl (C=O) groups excluding carboxylic acids is 2. The van der Waals surface area contributed by atoms with Crippen molar-refractivity contribution < 1.29 is 18.0 Å². The Morgan fingerprint density at radius 3 is 2.35 bits per heavy atom. The molecule has 2 saturated carbocycles. The van der Waals surface area contributed by atoms with E-state index in [0.29, 0.717) is 11.8 Å². The summed E-state index contributed by atoms with van der Waals surface area (Å²) in [6.07, 6.45) is 3.17. The number of amides is 2. The number of rotatable bonds is 3. The number of fused-ring (bicyclic) bond motifs is 2. The van der Waals surface area contributed by atoms with Gasteiger partial charge >= 0.3 is 0 Å². The average molecular weight is 343 g/mol. The number of sulfone groups is 1. The summed E-state index contributed by atoms with van der Waals surface area (Å²) in [7, 11) is -3.02. The van der Waals surface area contributed by atoms with Crippen LogP contribution in [-0.4, -0.2) is 61.8 Å². The molecule has 3 fully saturated rings. The molecule has 1 saturated heterocycles. The molecule has 23 heavy (non-hydrogen) atoms. The monoisotopic (exact) mass is 343 g/mol. The van der Waals surface area contributed by atoms with Crippen molar-refractivity contribution in [3.8, 4) is 0 Å². The highest BCUT2D eigenvalue weighted by Gasteiger charge is 2.49. The molecule has 0 radical (unpaired) electrons. The number of hydrogen-bond donors (Lipinski definition) is 2. The largest absolute Gasteiger partial charge is 0.344 e. The smallest absolute Gasteiger partial charge is 0.244 e. The molecule has 0 aromatic rings. The van der Waals surface area contributed by atoms with Crippen LogP contribution in [0.15, 0.2) is 0 Å². The number of nitrogens with zero attached hydrogens (tertiary/aromatic N) is 1. The molecule has 2 aliphatic carbocycles. The number of nitrogens with one attached hydrogen (secondary N) is 1. The highest BCUT2D eigenvalue weighted by Crippen LogP contribution is 2.47. The van der Waals surface area contributed by atoms with Gasteiger partial charge in [0, 0.05) is 19.1 Å². The van der Waals surface area contributed by atoms with E-state index < -0.39 is 15.9 Å².